The molecule has 114 valence electrons. The molecule has 2 N–H and O–H groups in total. The third kappa shape index (κ3) is 3.97. The quantitative estimate of drug-likeness (QED) is 0.876. The van der Waals surface area contributed by atoms with Crippen molar-refractivity contribution in [1.29, 1.82) is 0 Å². The van der Waals surface area contributed by atoms with Gasteiger partial charge in [-0.2, -0.15) is 0 Å². The molecule has 1 fully saturated rings. The van der Waals surface area contributed by atoms with Gasteiger partial charge in [-0.15, -0.1) is 0 Å². The van der Waals surface area contributed by atoms with E-state index in [4.69, 9.17) is 5.11 Å². The maximum atomic E-state index is 12.4. The number of carbonyl (C=O) groups is 2. The normalized spacial score (nSPS) is 20.5. The fourth-order valence-electron chi connectivity index (χ4n) is 2.68. The highest BCUT2D eigenvalue weighted by molar-refractivity contribution is 5.93. The Hall–Kier alpha value is -2.04. The summed E-state index contributed by atoms with van der Waals surface area (Å²) in [6.07, 6.45) is 1.92. The summed E-state index contributed by atoms with van der Waals surface area (Å²) in [6, 6.07) is 7.53. The molecule has 0 bridgehead atoms. The van der Waals surface area contributed by atoms with E-state index in [1.165, 1.54) is 4.90 Å². The van der Waals surface area contributed by atoms with Crippen molar-refractivity contribution < 1.29 is 14.7 Å². The molecule has 0 radical (unpaired) electrons. The van der Waals surface area contributed by atoms with Gasteiger partial charge in [-0.05, 0) is 37.3 Å². The smallest absolute Gasteiger partial charge is 0.322 e. The van der Waals surface area contributed by atoms with Crippen molar-refractivity contribution in [3.05, 3.63) is 29.8 Å². The first-order valence-corrected chi connectivity index (χ1v) is 7.33. The van der Waals surface area contributed by atoms with E-state index in [0.717, 1.165) is 24.1 Å². The van der Waals surface area contributed by atoms with Crippen LogP contribution in [0.1, 0.15) is 31.7 Å². The van der Waals surface area contributed by atoms with Gasteiger partial charge in [0, 0.05) is 18.3 Å². The molecule has 0 aromatic heterocycles. The fourth-order valence-corrected chi connectivity index (χ4v) is 2.68. The summed E-state index contributed by atoms with van der Waals surface area (Å²) in [7, 11) is 0. The lowest BCUT2D eigenvalue weighted by molar-refractivity contribution is -0.136. The molecule has 0 unspecified atom stereocenters. The lowest BCUT2D eigenvalue weighted by atomic mass is 9.82. The average molecular weight is 290 g/mol. The number of anilines is 1. The van der Waals surface area contributed by atoms with Crippen LogP contribution < -0.4 is 10.2 Å². The van der Waals surface area contributed by atoms with Crippen LogP contribution in [0.15, 0.2) is 24.3 Å². The van der Waals surface area contributed by atoms with Crippen LogP contribution in [0.25, 0.3) is 0 Å². The van der Waals surface area contributed by atoms with Crippen LogP contribution in [0.5, 0.6) is 0 Å². The maximum Gasteiger partial charge on any atom is 0.322 e. The van der Waals surface area contributed by atoms with Gasteiger partial charge in [0.25, 0.3) is 0 Å². The number of aryl methyl sites for hydroxylation is 1. The molecule has 2 rings (SSSR count). The van der Waals surface area contributed by atoms with Crippen LogP contribution in [-0.4, -0.2) is 29.7 Å². The Morgan fingerprint density at radius 2 is 2.00 bits per heavy atom. The Morgan fingerprint density at radius 1 is 1.33 bits per heavy atom. The van der Waals surface area contributed by atoms with Gasteiger partial charge in [-0.25, -0.2) is 4.79 Å². The van der Waals surface area contributed by atoms with Crippen LogP contribution in [-0.2, 0) is 4.79 Å². The van der Waals surface area contributed by atoms with E-state index >= 15 is 0 Å². The van der Waals surface area contributed by atoms with Gasteiger partial charge in [-0.3, -0.25) is 9.69 Å². The van der Waals surface area contributed by atoms with Gasteiger partial charge in [0.1, 0.15) is 0 Å². The second-order valence-electron chi connectivity index (χ2n) is 5.80. The molecule has 1 aromatic rings. The van der Waals surface area contributed by atoms with Crippen molar-refractivity contribution >= 4 is 17.7 Å². The Bertz CT molecular complexity index is 524. The van der Waals surface area contributed by atoms with Gasteiger partial charge in [-0.1, -0.05) is 25.1 Å². The molecule has 5 heteroatoms. The predicted molar refractivity (Wildman–Crippen MR) is 81.5 cm³/mol. The zero-order valence-electron chi connectivity index (χ0n) is 12.5. The van der Waals surface area contributed by atoms with Crippen molar-refractivity contribution in [1.82, 2.24) is 5.32 Å². The van der Waals surface area contributed by atoms with Gasteiger partial charge in [0.2, 0.25) is 0 Å². The van der Waals surface area contributed by atoms with E-state index in [0.29, 0.717) is 5.92 Å². The van der Waals surface area contributed by atoms with Crippen molar-refractivity contribution in [2.45, 2.75) is 39.2 Å². The molecular formula is C16H22N2O3. The minimum absolute atomic E-state index is 0.0666. The number of hydrogen-bond donors (Lipinski definition) is 2. The number of rotatable bonds is 5. The molecule has 1 aliphatic rings. The summed E-state index contributed by atoms with van der Waals surface area (Å²) in [5, 5.41) is 11.9. The predicted octanol–water partition coefficient (Wildman–Crippen LogP) is 2.78. The second kappa shape index (κ2) is 6.61. The number of urea groups is 1. The first-order chi connectivity index (χ1) is 9.97. The molecule has 0 heterocycles. The van der Waals surface area contributed by atoms with Crippen molar-refractivity contribution in [3.8, 4) is 0 Å². The summed E-state index contributed by atoms with van der Waals surface area (Å²) >= 11 is 0. The number of benzene rings is 1. The number of nitrogens with zero attached hydrogens (tertiary/aromatic N) is 1. The van der Waals surface area contributed by atoms with E-state index < -0.39 is 5.97 Å². The Labute approximate surface area is 125 Å². The molecule has 0 spiro atoms. The number of para-hydroxylation sites is 1. The lowest BCUT2D eigenvalue weighted by Crippen LogP contribution is -2.50. The second-order valence-corrected chi connectivity index (χ2v) is 5.80. The highest BCUT2D eigenvalue weighted by atomic mass is 16.4. The summed E-state index contributed by atoms with van der Waals surface area (Å²) in [4.78, 5) is 24.8. The highest BCUT2D eigenvalue weighted by Crippen LogP contribution is 2.27. The Kier molecular flexibility index (Phi) is 4.83. The zero-order chi connectivity index (χ0) is 15.4. The van der Waals surface area contributed by atoms with Crippen LogP contribution in [0.2, 0.25) is 0 Å². The van der Waals surface area contributed by atoms with Gasteiger partial charge in [0.15, 0.2) is 0 Å². The standard InChI is InChI=1S/C16H22N2O3/c1-11-9-13(10-11)17-16(21)18(8-7-15(19)20)14-6-4-3-5-12(14)2/h3-6,11,13H,7-10H2,1-2H3,(H,17,21)(H,19,20). The average Bonchev–Trinajstić information content (AvgIpc) is 2.39. The monoisotopic (exact) mass is 290 g/mol. The Balaban J connectivity index is 2.09. The molecule has 1 saturated carbocycles. The van der Waals surface area contributed by atoms with E-state index in [1.54, 1.807) is 0 Å². The molecule has 1 aromatic carbocycles. The Morgan fingerprint density at radius 3 is 2.57 bits per heavy atom. The van der Waals surface area contributed by atoms with E-state index in [9.17, 15) is 9.59 Å². The molecular weight excluding hydrogens is 268 g/mol. The van der Waals surface area contributed by atoms with E-state index in [-0.39, 0.29) is 25.0 Å². The van der Waals surface area contributed by atoms with Gasteiger partial charge < -0.3 is 10.4 Å². The number of nitrogens with one attached hydrogen (secondary N) is 1. The first kappa shape index (κ1) is 15.4. The fraction of sp³-hybridized carbons (Fsp3) is 0.500. The van der Waals surface area contributed by atoms with Gasteiger partial charge in [0.05, 0.1) is 6.42 Å². The molecule has 1 aliphatic carbocycles. The third-order valence-corrected chi connectivity index (χ3v) is 3.90. The summed E-state index contributed by atoms with van der Waals surface area (Å²) in [5.74, 6) is -0.250. The number of carbonyl (C=O) groups excluding carboxylic acids is 1. The van der Waals surface area contributed by atoms with Crippen LogP contribution in [0.3, 0.4) is 0 Å². The number of carboxylic acids is 1. The minimum atomic E-state index is -0.904. The maximum absolute atomic E-state index is 12.4. The SMILES string of the molecule is Cc1ccccc1N(CCC(=O)O)C(=O)NC1CC(C)C1. The first-order valence-electron chi connectivity index (χ1n) is 7.33. The summed E-state index contributed by atoms with van der Waals surface area (Å²) < 4.78 is 0. The molecule has 0 saturated heterocycles. The zero-order valence-corrected chi connectivity index (χ0v) is 12.5. The third-order valence-electron chi connectivity index (χ3n) is 3.90. The molecule has 0 aliphatic heterocycles. The van der Waals surface area contributed by atoms with E-state index in [2.05, 4.69) is 12.2 Å². The molecule has 21 heavy (non-hydrogen) atoms. The number of hydrogen-bond acceptors (Lipinski definition) is 2. The minimum Gasteiger partial charge on any atom is -0.481 e. The molecule has 5 nitrogen and oxygen atoms in total. The van der Waals surface area contributed by atoms with Crippen LogP contribution in [0, 0.1) is 12.8 Å². The number of aliphatic carboxylic acids is 1. The van der Waals surface area contributed by atoms with Crippen molar-refractivity contribution in [3.63, 3.8) is 0 Å². The topological polar surface area (TPSA) is 69.6 Å². The molecule has 0 atom stereocenters. The van der Waals surface area contributed by atoms with E-state index in [1.807, 2.05) is 31.2 Å². The number of carboxylic acid groups (broad SMARTS) is 1. The van der Waals surface area contributed by atoms with Crippen molar-refractivity contribution in [2.75, 3.05) is 11.4 Å². The van der Waals surface area contributed by atoms with Crippen LogP contribution in [0.4, 0.5) is 10.5 Å². The largest absolute Gasteiger partial charge is 0.481 e. The van der Waals surface area contributed by atoms with Crippen LogP contribution >= 0.6 is 0 Å². The van der Waals surface area contributed by atoms with Gasteiger partial charge >= 0.3 is 12.0 Å². The highest BCUT2D eigenvalue weighted by Gasteiger charge is 2.29. The summed E-state index contributed by atoms with van der Waals surface area (Å²) in [5.41, 5.74) is 1.73. The lowest BCUT2D eigenvalue weighted by Gasteiger charge is -2.35. The molecule has 2 amide bonds. The number of amides is 2. The van der Waals surface area contributed by atoms with Crippen molar-refractivity contribution in [2.24, 2.45) is 5.92 Å². The summed E-state index contributed by atoms with van der Waals surface area (Å²) in [6.45, 7) is 4.25.